The van der Waals surface area contributed by atoms with E-state index in [-0.39, 0.29) is 11.3 Å². The quantitative estimate of drug-likeness (QED) is 0.918. The summed E-state index contributed by atoms with van der Waals surface area (Å²) in [6.07, 6.45) is 1.62. The minimum atomic E-state index is -0.125. The van der Waals surface area contributed by atoms with Crippen molar-refractivity contribution in [1.29, 1.82) is 0 Å². The maximum Gasteiger partial charge on any atom is 0.269 e. The summed E-state index contributed by atoms with van der Waals surface area (Å²) in [5.41, 5.74) is 0.401. The second-order valence-corrected chi connectivity index (χ2v) is 5.71. The molecule has 0 aliphatic carbocycles. The van der Waals surface area contributed by atoms with Crippen LogP contribution >= 0.6 is 11.3 Å². The van der Waals surface area contributed by atoms with E-state index in [1.54, 1.807) is 29.7 Å². The van der Waals surface area contributed by atoms with Gasteiger partial charge in [0.2, 0.25) is 0 Å². The summed E-state index contributed by atoms with van der Waals surface area (Å²) in [7, 11) is 0. The molecule has 2 aromatic rings. The van der Waals surface area contributed by atoms with Gasteiger partial charge in [0.25, 0.3) is 5.91 Å². The van der Waals surface area contributed by atoms with Crippen LogP contribution in [0.25, 0.3) is 0 Å². The predicted molar refractivity (Wildman–Crippen MR) is 73.9 cm³/mol. The number of rotatable bonds is 4. The first-order chi connectivity index (χ1) is 8.59. The highest BCUT2D eigenvalue weighted by Gasteiger charge is 2.22. The molecule has 3 nitrogen and oxygen atoms in total. The molecule has 0 saturated carbocycles. The third-order valence-corrected chi connectivity index (χ3v) is 4.01. The minimum Gasteiger partial charge on any atom is -0.350 e. The van der Waals surface area contributed by atoms with Crippen molar-refractivity contribution in [2.75, 3.05) is 6.54 Å². The SMILES string of the molecule is CC(C)(CNC(=O)c1ccccn1)c1cccs1. The molecule has 0 aliphatic rings. The lowest BCUT2D eigenvalue weighted by Crippen LogP contribution is -2.36. The molecule has 0 aromatic carbocycles. The molecule has 2 heterocycles. The van der Waals surface area contributed by atoms with E-state index >= 15 is 0 Å². The van der Waals surface area contributed by atoms with Crippen LogP contribution in [-0.2, 0) is 5.41 Å². The van der Waals surface area contributed by atoms with Crippen LogP contribution in [0.1, 0.15) is 29.2 Å². The van der Waals surface area contributed by atoms with Crippen LogP contribution in [0.2, 0.25) is 0 Å². The predicted octanol–water partition coefficient (Wildman–Crippen LogP) is 2.85. The highest BCUT2D eigenvalue weighted by atomic mass is 32.1. The molecule has 0 fully saturated rings. The Hall–Kier alpha value is -1.68. The molecule has 0 spiro atoms. The van der Waals surface area contributed by atoms with E-state index < -0.39 is 0 Å². The van der Waals surface area contributed by atoms with Gasteiger partial charge in [0.1, 0.15) is 5.69 Å². The molecule has 2 rings (SSSR count). The van der Waals surface area contributed by atoms with Gasteiger partial charge in [-0.1, -0.05) is 26.0 Å². The molecule has 0 radical (unpaired) electrons. The Morgan fingerprint density at radius 2 is 2.17 bits per heavy atom. The average Bonchev–Trinajstić information content (AvgIpc) is 2.92. The molecule has 0 aliphatic heterocycles. The number of nitrogens with zero attached hydrogens (tertiary/aromatic N) is 1. The Bertz CT molecular complexity index is 506. The van der Waals surface area contributed by atoms with Gasteiger partial charge in [-0.3, -0.25) is 9.78 Å². The second kappa shape index (κ2) is 5.31. The van der Waals surface area contributed by atoms with Crippen LogP contribution in [0.5, 0.6) is 0 Å². The van der Waals surface area contributed by atoms with Gasteiger partial charge in [-0.05, 0) is 23.6 Å². The number of aromatic nitrogens is 1. The van der Waals surface area contributed by atoms with E-state index in [0.29, 0.717) is 12.2 Å². The van der Waals surface area contributed by atoms with Crippen molar-refractivity contribution >= 4 is 17.2 Å². The van der Waals surface area contributed by atoms with Crippen molar-refractivity contribution in [3.63, 3.8) is 0 Å². The number of carbonyl (C=O) groups excluding carboxylic acids is 1. The van der Waals surface area contributed by atoms with Crippen LogP contribution < -0.4 is 5.32 Å². The summed E-state index contributed by atoms with van der Waals surface area (Å²) in [6, 6.07) is 9.45. The zero-order valence-electron chi connectivity index (χ0n) is 10.5. The van der Waals surface area contributed by atoms with Gasteiger partial charge in [0.15, 0.2) is 0 Å². The number of nitrogens with one attached hydrogen (secondary N) is 1. The van der Waals surface area contributed by atoms with Crippen molar-refractivity contribution < 1.29 is 4.79 Å². The van der Waals surface area contributed by atoms with Crippen molar-refractivity contribution in [3.05, 3.63) is 52.5 Å². The molecular weight excluding hydrogens is 244 g/mol. The fraction of sp³-hybridized carbons (Fsp3) is 0.286. The summed E-state index contributed by atoms with van der Waals surface area (Å²) in [5, 5.41) is 4.99. The van der Waals surface area contributed by atoms with E-state index in [1.165, 1.54) is 4.88 Å². The smallest absolute Gasteiger partial charge is 0.269 e. The zero-order valence-corrected chi connectivity index (χ0v) is 11.3. The zero-order chi connectivity index (χ0) is 13.0. The third kappa shape index (κ3) is 2.96. The molecule has 4 heteroatoms. The lowest BCUT2D eigenvalue weighted by molar-refractivity contribution is 0.0941. The minimum absolute atomic E-state index is 0.0569. The topological polar surface area (TPSA) is 42.0 Å². The molecule has 0 unspecified atom stereocenters. The Morgan fingerprint density at radius 1 is 1.33 bits per heavy atom. The van der Waals surface area contributed by atoms with Crippen LogP contribution in [0.15, 0.2) is 41.9 Å². The number of carbonyl (C=O) groups is 1. The standard InChI is InChI=1S/C14H16N2OS/c1-14(2,12-7-5-9-18-12)10-16-13(17)11-6-3-4-8-15-11/h3-9H,10H2,1-2H3,(H,16,17). The third-order valence-electron chi connectivity index (χ3n) is 2.78. The van der Waals surface area contributed by atoms with Gasteiger partial charge in [-0.25, -0.2) is 0 Å². The van der Waals surface area contributed by atoms with Crippen molar-refractivity contribution in [2.45, 2.75) is 19.3 Å². The number of hydrogen-bond donors (Lipinski definition) is 1. The summed E-state index contributed by atoms with van der Waals surface area (Å²) < 4.78 is 0. The summed E-state index contributed by atoms with van der Waals surface area (Å²) in [5.74, 6) is -0.125. The van der Waals surface area contributed by atoms with Gasteiger partial charge < -0.3 is 5.32 Å². The van der Waals surface area contributed by atoms with Gasteiger partial charge in [0.05, 0.1) is 0 Å². The van der Waals surface area contributed by atoms with Crippen LogP contribution in [-0.4, -0.2) is 17.4 Å². The first kappa shape index (κ1) is 12.8. The highest BCUT2D eigenvalue weighted by Crippen LogP contribution is 2.26. The lowest BCUT2D eigenvalue weighted by atomic mass is 9.91. The van der Waals surface area contributed by atoms with Gasteiger partial charge >= 0.3 is 0 Å². The van der Waals surface area contributed by atoms with Crippen molar-refractivity contribution in [3.8, 4) is 0 Å². The molecule has 94 valence electrons. The fourth-order valence-corrected chi connectivity index (χ4v) is 2.49. The van der Waals surface area contributed by atoms with Crippen LogP contribution in [0.4, 0.5) is 0 Å². The number of thiophene rings is 1. The Morgan fingerprint density at radius 3 is 2.78 bits per heavy atom. The van der Waals surface area contributed by atoms with Crippen molar-refractivity contribution in [2.24, 2.45) is 0 Å². The molecule has 1 amide bonds. The molecule has 0 bridgehead atoms. The average molecular weight is 260 g/mol. The largest absolute Gasteiger partial charge is 0.350 e. The Balaban J connectivity index is 1.98. The number of pyridine rings is 1. The lowest BCUT2D eigenvalue weighted by Gasteiger charge is -2.23. The summed E-state index contributed by atoms with van der Waals surface area (Å²) in [4.78, 5) is 17.2. The molecule has 2 aromatic heterocycles. The van der Waals surface area contributed by atoms with Crippen LogP contribution in [0, 0.1) is 0 Å². The molecule has 0 saturated heterocycles. The first-order valence-corrected chi connectivity index (χ1v) is 6.71. The highest BCUT2D eigenvalue weighted by molar-refractivity contribution is 7.10. The molecule has 1 N–H and O–H groups in total. The summed E-state index contributed by atoms with van der Waals surface area (Å²) >= 11 is 1.71. The maximum absolute atomic E-state index is 11.9. The first-order valence-electron chi connectivity index (χ1n) is 5.83. The summed E-state index contributed by atoms with van der Waals surface area (Å²) in [6.45, 7) is 4.85. The molecule has 18 heavy (non-hydrogen) atoms. The Labute approximate surface area is 111 Å². The van der Waals surface area contributed by atoms with Crippen LogP contribution in [0.3, 0.4) is 0 Å². The van der Waals surface area contributed by atoms with Gasteiger partial charge in [-0.2, -0.15) is 0 Å². The number of hydrogen-bond acceptors (Lipinski definition) is 3. The van der Waals surface area contributed by atoms with E-state index in [2.05, 4.69) is 35.6 Å². The monoisotopic (exact) mass is 260 g/mol. The fourth-order valence-electron chi connectivity index (χ4n) is 1.64. The normalized spacial score (nSPS) is 11.2. The van der Waals surface area contributed by atoms with E-state index in [9.17, 15) is 4.79 Å². The van der Waals surface area contributed by atoms with Crippen molar-refractivity contribution in [1.82, 2.24) is 10.3 Å². The second-order valence-electron chi connectivity index (χ2n) is 4.76. The molecular formula is C14H16N2OS. The molecule has 0 atom stereocenters. The van der Waals surface area contributed by atoms with Gasteiger partial charge in [-0.15, -0.1) is 11.3 Å². The van der Waals surface area contributed by atoms with E-state index in [4.69, 9.17) is 0 Å². The van der Waals surface area contributed by atoms with E-state index in [0.717, 1.165) is 0 Å². The maximum atomic E-state index is 11.9. The van der Waals surface area contributed by atoms with Gasteiger partial charge in [0, 0.05) is 23.0 Å². The Kier molecular flexibility index (Phi) is 3.77. The number of amides is 1. The van der Waals surface area contributed by atoms with E-state index in [1.807, 2.05) is 12.1 Å².